The molecular weight excluding hydrogens is 250 g/mol. The predicted molar refractivity (Wildman–Crippen MR) is 70.0 cm³/mol. The maximum atomic E-state index is 11.1. The first kappa shape index (κ1) is 12.5. The molecule has 0 aliphatic heterocycles. The van der Waals surface area contributed by atoms with Crippen LogP contribution in [0.1, 0.15) is 29.3 Å². The summed E-state index contributed by atoms with van der Waals surface area (Å²) in [6, 6.07) is 3.40. The number of rotatable bonds is 4. The number of anilines is 1. The Morgan fingerprint density at radius 1 is 1.39 bits per heavy atom. The van der Waals surface area contributed by atoms with Gasteiger partial charge in [0.25, 0.3) is 0 Å². The van der Waals surface area contributed by atoms with Crippen molar-refractivity contribution in [2.45, 2.75) is 19.4 Å². The summed E-state index contributed by atoms with van der Waals surface area (Å²) in [5, 5.41) is 15.0. The SMILES string of the molecule is CC(C)(Nc1cccnc1C(=O)O)c1nccs1. The van der Waals surface area contributed by atoms with Crippen LogP contribution in [0.15, 0.2) is 29.9 Å². The van der Waals surface area contributed by atoms with Crippen LogP contribution in [0.25, 0.3) is 0 Å². The van der Waals surface area contributed by atoms with Gasteiger partial charge in [-0.1, -0.05) is 0 Å². The number of hydrogen-bond donors (Lipinski definition) is 2. The van der Waals surface area contributed by atoms with Gasteiger partial charge in [0.05, 0.1) is 11.2 Å². The molecule has 0 radical (unpaired) electrons. The standard InChI is InChI=1S/C12H13N3O2S/c1-12(2,11-14-6-7-18-11)15-8-4-3-5-13-9(8)10(16)17/h3-7,15H,1-2H3,(H,16,17). The molecule has 0 aliphatic carbocycles. The van der Waals surface area contributed by atoms with Crippen LogP contribution >= 0.6 is 11.3 Å². The first-order valence-electron chi connectivity index (χ1n) is 5.37. The molecule has 2 N–H and O–H groups in total. The predicted octanol–water partition coefficient (Wildman–Crippen LogP) is 2.58. The molecule has 0 saturated carbocycles. The zero-order valence-corrected chi connectivity index (χ0v) is 10.9. The highest BCUT2D eigenvalue weighted by molar-refractivity contribution is 7.09. The molecule has 94 valence electrons. The topological polar surface area (TPSA) is 75.1 Å². The molecule has 2 aromatic heterocycles. The van der Waals surface area contributed by atoms with Crippen LogP contribution < -0.4 is 5.32 Å². The number of nitrogens with one attached hydrogen (secondary N) is 1. The lowest BCUT2D eigenvalue weighted by Gasteiger charge is -2.25. The van der Waals surface area contributed by atoms with Crippen molar-refractivity contribution in [3.63, 3.8) is 0 Å². The van der Waals surface area contributed by atoms with Gasteiger partial charge in [0, 0.05) is 17.8 Å². The molecule has 5 nitrogen and oxygen atoms in total. The van der Waals surface area contributed by atoms with Crippen molar-refractivity contribution in [1.82, 2.24) is 9.97 Å². The minimum absolute atomic E-state index is 0.0159. The summed E-state index contributed by atoms with van der Waals surface area (Å²) in [6.07, 6.45) is 3.19. The third-order valence-corrected chi connectivity index (χ3v) is 3.52. The van der Waals surface area contributed by atoms with Crippen molar-refractivity contribution in [1.29, 1.82) is 0 Å². The van der Waals surface area contributed by atoms with Gasteiger partial charge in [0.2, 0.25) is 0 Å². The van der Waals surface area contributed by atoms with Crippen molar-refractivity contribution < 1.29 is 9.90 Å². The normalized spacial score (nSPS) is 11.2. The van der Waals surface area contributed by atoms with E-state index in [0.717, 1.165) is 5.01 Å². The minimum atomic E-state index is -1.05. The molecule has 0 atom stereocenters. The largest absolute Gasteiger partial charge is 0.476 e. The summed E-state index contributed by atoms with van der Waals surface area (Å²) in [5.74, 6) is -1.05. The first-order valence-corrected chi connectivity index (χ1v) is 6.25. The number of hydrogen-bond acceptors (Lipinski definition) is 5. The van der Waals surface area contributed by atoms with Gasteiger partial charge in [-0.15, -0.1) is 11.3 Å². The minimum Gasteiger partial charge on any atom is -0.476 e. The fourth-order valence-corrected chi connectivity index (χ4v) is 2.32. The van der Waals surface area contributed by atoms with Crippen LogP contribution in [0, 0.1) is 0 Å². The Morgan fingerprint density at radius 2 is 2.17 bits per heavy atom. The Bertz CT molecular complexity index is 552. The van der Waals surface area contributed by atoms with Crippen LogP contribution in [-0.4, -0.2) is 21.0 Å². The van der Waals surface area contributed by atoms with Gasteiger partial charge >= 0.3 is 5.97 Å². The molecule has 0 amide bonds. The Hall–Kier alpha value is -1.95. The molecule has 6 heteroatoms. The molecule has 18 heavy (non-hydrogen) atoms. The third kappa shape index (κ3) is 2.48. The molecule has 2 rings (SSSR count). The van der Waals surface area contributed by atoms with Gasteiger partial charge in [-0.2, -0.15) is 0 Å². The number of nitrogens with zero attached hydrogens (tertiary/aromatic N) is 2. The molecule has 0 bridgehead atoms. The van der Waals surface area contributed by atoms with Crippen molar-refractivity contribution in [3.8, 4) is 0 Å². The van der Waals surface area contributed by atoms with Gasteiger partial charge in [-0.05, 0) is 26.0 Å². The number of thiazole rings is 1. The molecule has 0 spiro atoms. The lowest BCUT2D eigenvalue weighted by molar-refractivity contribution is 0.0691. The lowest BCUT2D eigenvalue weighted by atomic mass is 10.1. The molecule has 0 aromatic carbocycles. The fourth-order valence-electron chi connectivity index (χ4n) is 1.60. The average molecular weight is 263 g/mol. The number of pyridine rings is 1. The van der Waals surface area contributed by atoms with E-state index in [2.05, 4.69) is 15.3 Å². The summed E-state index contributed by atoms with van der Waals surface area (Å²) in [5.41, 5.74) is 0.0637. The first-order chi connectivity index (χ1) is 8.50. The summed E-state index contributed by atoms with van der Waals surface area (Å²) in [4.78, 5) is 19.2. The Balaban J connectivity index is 2.32. The van der Waals surface area contributed by atoms with E-state index in [1.54, 1.807) is 18.3 Å². The Labute approximate surface area is 109 Å². The number of aromatic nitrogens is 2. The number of carboxylic acids is 1. The van der Waals surface area contributed by atoms with Gasteiger partial charge in [-0.25, -0.2) is 14.8 Å². The quantitative estimate of drug-likeness (QED) is 0.886. The van der Waals surface area contributed by atoms with E-state index in [-0.39, 0.29) is 5.69 Å². The van der Waals surface area contributed by atoms with Gasteiger partial charge in [0.1, 0.15) is 5.01 Å². The molecule has 2 aromatic rings. The molecule has 0 fully saturated rings. The van der Waals surface area contributed by atoms with E-state index >= 15 is 0 Å². The van der Waals surface area contributed by atoms with E-state index < -0.39 is 11.5 Å². The van der Waals surface area contributed by atoms with E-state index in [9.17, 15) is 4.79 Å². The van der Waals surface area contributed by atoms with E-state index in [0.29, 0.717) is 5.69 Å². The zero-order chi connectivity index (χ0) is 13.2. The van der Waals surface area contributed by atoms with Crippen LogP contribution in [0.4, 0.5) is 5.69 Å². The van der Waals surface area contributed by atoms with Crippen molar-refractivity contribution >= 4 is 23.0 Å². The summed E-state index contributed by atoms with van der Waals surface area (Å²) >= 11 is 1.52. The maximum absolute atomic E-state index is 11.1. The van der Waals surface area contributed by atoms with Gasteiger partial charge in [-0.3, -0.25) is 0 Å². The molecule has 0 aliphatic rings. The Morgan fingerprint density at radius 3 is 2.78 bits per heavy atom. The van der Waals surface area contributed by atoms with Crippen LogP contribution in [0.2, 0.25) is 0 Å². The second kappa shape index (κ2) is 4.73. The monoisotopic (exact) mass is 263 g/mol. The highest BCUT2D eigenvalue weighted by Crippen LogP contribution is 2.28. The van der Waals surface area contributed by atoms with Gasteiger partial charge in [0.15, 0.2) is 5.69 Å². The summed E-state index contributed by atoms with van der Waals surface area (Å²) in [6.45, 7) is 3.90. The summed E-state index contributed by atoms with van der Waals surface area (Å²) < 4.78 is 0. The lowest BCUT2D eigenvalue weighted by Crippen LogP contribution is -2.29. The van der Waals surface area contributed by atoms with Crippen molar-refractivity contribution in [3.05, 3.63) is 40.6 Å². The second-order valence-electron chi connectivity index (χ2n) is 4.29. The van der Waals surface area contributed by atoms with Crippen LogP contribution in [0.5, 0.6) is 0 Å². The zero-order valence-electron chi connectivity index (χ0n) is 10.0. The van der Waals surface area contributed by atoms with E-state index in [1.807, 2.05) is 19.2 Å². The van der Waals surface area contributed by atoms with Gasteiger partial charge < -0.3 is 10.4 Å². The number of carbonyl (C=O) groups is 1. The second-order valence-corrected chi connectivity index (χ2v) is 5.19. The van der Waals surface area contributed by atoms with Crippen LogP contribution in [0.3, 0.4) is 0 Å². The summed E-state index contributed by atoms with van der Waals surface area (Å²) in [7, 11) is 0. The smallest absolute Gasteiger partial charge is 0.356 e. The van der Waals surface area contributed by atoms with Crippen molar-refractivity contribution in [2.75, 3.05) is 5.32 Å². The molecule has 0 unspecified atom stereocenters. The Kier molecular flexibility index (Phi) is 3.29. The number of aromatic carboxylic acids is 1. The van der Waals surface area contributed by atoms with E-state index in [1.165, 1.54) is 17.5 Å². The van der Waals surface area contributed by atoms with E-state index in [4.69, 9.17) is 5.11 Å². The average Bonchev–Trinajstić information content (AvgIpc) is 2.83. The maximum Gasteiger partial charge on any atom is 0.356 e. The highest BCUT2D eigenvalue weighted by atomic mass is 32.1. The number of carboxylic acid groups (broad SMARTS) is 1. The molecule has 2 heterocycles. The third-order valence-electron chi connectivity index (χ3n) is 2.42. The fraction of sp³-hybridized carbons (Fsp3) is 0.250. The van der Waals surface area contributed by atoms with Crippen molar-refractivity contribution in [2.24, 2.45) is 0 Å². The van der Waals surface area contributed by atoms with Crippen LogP contribution in [-0.2, 0) is 5.54 Å². The highest BCUT2D eigenvalue weighted by Gasteiger charge is 2.25. The molecule has 0 saturated heterocycles. The molecular formula is C12H13N3O2S.